The topological polar surface area (TPSA) is 101 Å². The summed E-state index contributed by atoms with van der Waals surface area (Å²) in [5.74, 6) is 1.16. The first-order valence-corrected chi connectivity index (χ1v) is 9.20. The summed E-state index contributed by atoms with van der Waals surface area (Å²) < 4.78 is 1.64. The van der Waals surface area contributed by atoms with Gasteiger partial charge in [-0.3, -0.25) is 9.36 Å². The number of fused-ring (bicyclic) bond motifs is 2. The van der Waals surface area contributed by atoms with Crippen molar-refractivity contribution in [3.63, 3.8) is 0 Å². The van der Waals surface area contributed by atoms with E-state index in [9.17, 15) is 4.79 Å². The number of para-hydroxylation sites is 2. The molecule has 0 aliphatic rings. The van der Waals surface area contributed by atoms with Gasteiger partial charge in [-0.2, -0.15) is 0 Å². The van der Waals surface area contributed by atoms with E-state index < -0.39 is 0 Å². The molecule has 0 radical (unpaired) electrons. The predicted molar refractivity (Wildman–Crippen MR) is 111 cm³/mol. The normalized spacial score (nSPS) is 12.3. The molecule has 1 unspecified atom stereocenters. The molecule has 3 heterocycles. The molecule has 0 spiro atoms. The second-order valence-electron chi connectivity index (χ2n) is 6.65. The van der Waals surface area contributed by atoms with Crippen LogP contribution in [0.5, 0.6) is 0 Å². The van der Waals surface area contributed by atoms with Gasteiger partial charge in [-0.25, -0.2) is 19.9 Å². The number of benzene rings is 2. The van der Waals surface area contributed by atoms with Crippen molar-refractivity contribution >= 4 is 27.9 Å². The third-order valence-corrected chi connectivity index (χ3v) is 4.77. The first-order valence-electron chi connectivity index (χ1n) is 9.20. The second kappa shape index (κ2) is 6.83. The molecule has 0 amide bonds. The number of nitrogens with one attached hydrogen (secondary N) is 2. The average molecular weight is 383 g/mol. The molecule has 0 saturated carbocycles. The summed E-state index contributed by atoms with van der Waals surface area (Å²) in [7, 11) is 0. The fourth-order valence-electron chi connectivity index (χ4n) is 3.41. The number of hydrogen-bond donors (Lipinski definition) is 2. The number of nitrogens with zero attached hydrogens (tertiary/aromatic N) is 5. The third kappa shape index (κ3) is 2.91. The molecule has 8 nitrogen and oxygen atoms in total. The van der Waals surface area contributed by atoms with Gasteiger partial charge in [0.2, 0.25) is 0 Å². The van der Waals surface area contributed by atoms with Gasteiger partial charge in [0, 0.05) is 0 Å². The van der Waals surface area contributed by atoms with Crippen LogP contribution in [0.2, 0.25) is 0 Å². The van der Waals surface area contributed by atoms with Gasteiger partial charge in [0.05, 0.1) is 29.0 Å². The monoisotopic (exact) mass is 383 g/mol. The van der Waals surface area contributed by atoms with E-state index in [0.717, 1.165) is 5.69 Å². The van der Waals surface area contributed by atoms with Crippen molar-refractivity contribution < 1.29 is 0 Å². The highest BCUT2D eigenvalue weighted by molar-refractivity contribution is 5.82. The van der Waals surface area contributed by atoms with Crippen molar-refractivity contribution in [2.45, 2.75) is 13.0 Å². The largest absolute Gasteiger partial charge is 0.358 e. The van der Waals surface area contributed by atoms with E-state index in [1.165, 1.54) is 6.33 Å². The van der Waals surface area contributed by atoms with Crippen LogP contribution >= 0.6 is 0 Å². The minimum atomic E-state index is -0.317. The van der Waals surface area contributed by atoms with Gasteiger partial charge in [-0.05, 0) is 31.2 Å². The zero-order valence-electron chi connectivity index (χ0n) is 15.6. The maximum Gasteiger partial charge on any atom is 0.266 e. The first kappa shape index (κ1) is 17.1. The van der Waals surface area contributed by atoms with Gasteiger partial charge in [-0.15, -0.1) is 0 Å². The summed E-state index contributed by atoms with van der Waals surface area (Å²) in [5.41, 5.74) is 2.57. The lowest BCUT2D eigenvalue weighted by atomic mass is 10.2. The quantitative estimate of drug-likeness (QED) is 0.494. The summed E-state index contributed by atoms with van der Waals surface area (Å²) >= 11 is 0. The molecule has 8 heteroatoms. The number of anilines is 1. The van der Waals surface area contributed by atoms with Crippen molar-refractivity contribution in [3.05, 3.63) is 83.4 Å². The van der Waals surface area contributed by atoms with Crippen LogP contribution in [-0.4, -0.2) is 29.5 Å². The van der Waals surface area contributed by atoms with Crippen LogP contribution in [0.1, 0.15) is 18.8 Å². The molecule has 0 aliphatic carbocycles. The molecule has 0 saturated heterocycles. The molecule has 1 atom stereocenters. The van der Waals surface area contributed by atoms with E-state index in [4.69, 9.17) is 4.98 Å². The van der Waals surface area contributed by atoms with Crippen LogP contribution in [0, 0.1) is 0 Å². The molecular formula is C21H17N7O. The van der Waals surface area contributed by atoms with Crippen molar-refractivity contribution in [2.24, 2.45) is 0 Å². The van der Waals surface area contributed by atoms with E-state index in [0.29, 0.717) is 33.7 Å². The molecule has 5 aromatic rings. The van der Waals surface area contributed by atoms with Crippen LogP contribution in [0.15, 0.2) is 72.0 Å². The van der Waals surface area contributed by atoms with Gasteiger partial charge < -0.3 is 10.3 Å². The zero-order chi connectivity index (χ0) is 19.8. The van der Waals surface area contributed by atoms with Gasteiger partial charge in [0.25, 0.3) is 5.56 Å². The van der Waals surface area contributed by atoms with Crippen LogP contribution in [0.3, 0.4) is 0 Å². The Morgan fingerprint density at radius 1 is 1.00 bits per heavy atom. The molecule has 0 fully saturated rings. The number of hydrogen-bond acceptors (Lipinski definition) is 6. The van der Waals surface area contributed by atoms with Gasteiger partial charge in [-0.1, -0.05) is 30.3 Å². The van der Waals surface area contributed by atoms with E-state index in [1.807, 2.05) is 55.5 Å². The Hall–Kier alpha value is -4.07. The number of rotatable bonds is 4. The molecule has 5 rings (SSSR count). The van der Waals surface area contributed by atoms with Crippen LogP contribution in [0.4, 0.5) is 5.82 Å². The Labute approximate surface area is 165 Å². The second-order valence-corrected chi connectivity index (χ2v) is 6.65. The third-order valence-electron chi connectivity index (χ3n) is 4.77. The van der Waals surface area contributed by atoms with Crippen LogP contribution in [-0.2, 0) is 0 Å². The van der Waals surface area contributed by atoms with E-state index in [1.54, 1.807) is 17.0 Å². The standard InChI is InChI=1S/C21H17N7O/c1-13(26-19-17-18(23-11-22-17)24-12-25-19)20-27-16-10-6-5-9-15(16)21(29)28(20)14-7-3-2-4-8-14/h2-13H,1H3,(H2,22,23,24,25,26). The Balaban J connectivity index is 1.69. The molecule has 3 aromatic heterocycles. The minimum Gasteiger partial charge on any atom is -0.358 e. The van der Waals surface area contributed by atoms with E-state index in [-0.39, 0.29) is 11.6 Å². The van der Waals surface area contributed by atoms with E-state index in [2.05, 4.69) is 25.3 Å². The summed E-state index contributed by atoms with van der Waals surface area (Å²) in [6.45, 7) is 1.94. The van der Waals surface area contributed by atoms with E-state index >= 15 is 0 Å². The summed E-state index contributed by atoms with van der Waals surface area (Å²) in [5, 5.41) is 3.91. The number of imidazole rings is 1. The van der Waals surface area contributed by atoms with Crippen molar-refractivity contribution in [1.29, 1.82) is 0 Å². The summed E-state index contributed by atoms with van der Waals surface area (Å²) in [6.07, 6.45) is 3.04. The molecule has 0 bridgehead atoms. The molecule has 2 aromatic carbocycles. The maximum atomic E-state index is 13.3. The molecule has 2 N–H and O–H groups in total. The lowest BCUT2D eigenvalue weighted by Crippen LogP contribution is -2.27. The lowest BCUT2D eigenvalue weighted by molar-refractivity contribution is 0.732. The number of aromatic amines is 1. The minimum absolute atomic E-state index is 0.113. The zero-order valence-corrected chi connectivity index (χ0v) is 15.6. The number of H-pyrrole nitrogens is 1. The molecule has 142 valence electrons. The van der Waals surface area contributed by atoms with Crippen LogP contribution < -0.4 is 10.9 Å². The Kier molecular flexibility index (Phi) is 4.02. The van der Waals surface area contributed by atoms with Gasteiger partial charge in [0.1, 0.15) is 17.7 Å². The fourth-order valence-corrected chi connectivity index (χ4v) is 3.41. The highest BCUT2D eigenvalue weighted by atomic mass is 16.1. The molecule has 29 heavy (non-hydrogen) atoms. The number of aromatic nitrogens is 6. The fraction of sp³-hybridized carbons (Fsp3) is 0.0952. The Morgan fingerprint density at radius 2 is 1.79 bits per heavy atom. The Morgan fingerprint density at radius 3 is 2.66 bits per heavy atom. The van der Waals surface area contributed by atoms with Gasteiger partial charge >= 0.3 is 0 Å². The smallest absolute Gasteiger partial charge is 0.266 e. The molecular weight excluding hydrogens is 366 g/mol. The first-order chi connectivity index (χ1) is 14.2. The van der Waals surface area contributed by atoms with Crippen molar-refractivity contribution in [3.8, 4) is 5.69 Å². The molecule has 0 aliphatic heterocycles. The summed E-state index contributed by atoms with van der Waals surface area (Å²) in [6, 6.07) is 16.5. The van der Waals surface area contributed by atoms with Gasteiger partial charge in [0.15, 0.2) is 11.5 Å². The highest BCUT2D eigenvalue weighted by Gasteiger charge is 2.19. The SMILES string of the molecule is CC(Nc1ncnc2[nH]cnc12)c1nc2ccccc2c(=O)n1-c1ccccc1. The average Bonchev–Trinajstić information content (AvgIpc) is 3.24. The van der Waals surface area contributed by atoms with Crippen LogP contribution in [0.25, 0.3) is 27.8 Å². The highest BCUT2D eigenvalue weighted by Crippen LogP contribution is 2.23. The van der Waals surface area contributed by atoms with Crippen molar-refractivity contribution in [1.82, 2.24) is 29.5 Å². The van der Waals surface area contributed by atoms with Crippen molar-refractivity contribution in [2.75, 3.05) is 5.32 Å². The predicted octanol–water partition coefficient (Wildman–Crippen LogP) is 3.23. The lowest BCUT2D eigenvalue weighted by Gasteiger charge is -2.20. The summed E-state index contributed by atoms with van der Waals surface area (Å²) in [4.78, 5) is 33.9. The maximum absolute atomic E-state index is 13.3. The Bertz CT molecular complexity index is 1370.